The zero-order valence-corrected chi connectivity index (χ0v) is 10.2. The van der Waals surface area contributed by atoms with E-state index in [1.165, 1.54) is 0 Å². The second kappa shape index (κ2) is 5.25. The second-order valence-electron chi connectivity index (χ2n) is 3.12. The summed E-state index contributed by atoms with van der Waals surface area (Å²) in [5, 5.41) is 3.52. The van der Waals surface area contributed by atoms with E-state index in [9.17, 15) is 0 Å². The Balaban J connectivity index is 2.24. The molecule has 1 N–H and O–H groups in total. The highest BCUT2D eigenvalue weighted by molar-refractivity contribution is 6.99. The van der Waals surface area contributed by atoms with E-state index in [0.717, 1.165) is 23.0 Å². The molecule has 0 unspecified atom stereocenters. The van der Waals surface area contributed by atoms with Gasteiger partial charge in [0.15, 0.2) is 11.0 Å². The first-order valence-corrected chi connectivity index (χ1v) is 5.74. The highest BCUT2D eigenvalue weighted by atomic mass is 35.5. The molecule has 0 spiro atoms. The summed E-state index contributed by atoms with van der Waals surface area (Å²) in [6.45, 7) is 0.540. The Morgan fingerprint density at radius 2 is 2.19 bits per heavy atom. The number of aromatic nitrogens is 2. The Bertz CT molecular complexity index is 475. The topological polar surface area (TPSA) is 47.0 Å². The average Bonchev–Trinajstić information content (AvgIpc) is 2.68. The lowest BCUT2D eigenvalue weighted by Crippen LogP contribution is -1.97. The van der Waals surface area contributed by atoms with E-state index < -0.39 is 0 Å². The number of benzene rings is 1. The molecule has 16 heavy (non-hydrogen) atoms. The molecule has 0 fully saturated rings. The molecule has 2 aromatic rings. The number of methoxy groups -OCH3 is 1. The normalized spacial score (nSPS) is 10.4. The third kappa shape index (κ3) is 2.49. The first kappa shape index (κ1) is 11.3. The standard InChI is InChI=1S/C10H10ClN3OS/c1-15-6-7-4-2-3-5-8(7)12-10-9(11)13-16-14-10/h2-5H,6H2,1H3,(H,12,14). The fourth-order valence-electron chi connectivity index (χ4n) is 1.30. The summed E-state index contributed by atoms with van der Waals surface area (Å²) >= 11 is 6.94. The quantitative estimate of drug-likeness (QED) is 0.912. The molecule has 0 aliphatic heterocycles. The number of nitrogens with one attached hydrogen (secondary N) is 1. The van der Waals surface area contributed by atoms with Gasteiger partial charge in [-0.1, -0.05) is 29.8 Å². The van der Waals surface area contributed by atoms with Crippen LogP contribution in [0, 0.1) is 0 Å². The van der Waals surface area contributed by atoms with Gasteiger partial charge in [-0.05, 0) is 6.07 Å². The monoisotopic (exact) mass is 255 g/mol. The highest BCUT2D eigenvalue weighted by Crippen LogP contribution is 2.25. The van der Waals surface area contributed by atoms with Crippen LogP contribution in [0.3, 0.4) is 0 Å². The van der Waals surface area contributed by atoms with Crippen LogP contribution in [0.2, 0.25) is 5.15 Å². The zero-order valence-electron chi connectivity index (χ0n) is 8.61. The molecule has 0 aliphatic rings. The van der Waals surface area contributed by atoms with Crippen LogP contribution in [0.25, 0.3) is 0 Å². The van der Waals surface area contributed by atoms with Crippen molar-refractivity contribution >= 4 is 34.8 Å². The molecule has 0 saturated heterocycles. The van der Waals surface area contributed by atoms with E-state index in [2.05, 4.69) is 14.1 Å². The zero-order chi connectivity index (χ0) is 11.4. The summed E-state index contributed by atoms with van der Waals surface area (Å²) in [6, 6.07) is 7.83. The Labute approximate surface area is 103 Å². The summed E-state index contributed by atoms with van der Waals surface area (Å²) in [5.41, 5.74) is 1.98. The minimum Gasteiger partial charge on any atom is -0.380 e. The van der Waals surface area contributed by atoms with Gasteiger partial charge in [0, 0.05) is 18.4 Å². The van der Waals surface area contributed by atoms with Crippen LogP contribution in [-0.4, -0.2) is 15.9 Å². The van der Waals surface area contributed by atoms with Crippen molar-refractivity contribution in [2.75, 3.05) is 12.4 Å². The Hall–Kier alpha value is -1.17. The van der Waals surface area contributed by atoms with Crippen molar-refractivity contribution in [3.05, 3.63) is 35.0 Å². The Morgan fingerprint density at radius 1 is 1.38 bits per heavy atom. The fraction of sp³-hybridized carbons (Fsp3) is 0.200. The van der Waals surface area contributed by atoms with Gasteiger partial charge in [0.05, 0.1) is 18.3 Å². The molecule has 1 heterocycles. The van der Waals surface area contributed by atoms with E-state index in [1.54, 1.807) is 7.11 Å². The maximum absolute atomic E-state index is 5.86. The molecule has 0 bridgehead atoms. The van der Waals surface area contributed by atoms with Gasteiger partial charge in [-0.15, -0.1) is 0 Å². The molecule has 6 heteroatoms. The molecule has 2 rings (SSSR count). The van der Waals surface area contributed by atoms with Gasteiger partial charge in [0.1, 0.15) is 0 Å². The second-order valence-corrected chi connectivity index (χ2v) is 4.01. The number of hydrogen-bond acceptors (Lipinski definition) is 5. The molecular weight excluding hydrogens is 246 g/mol. The van der Waals surface area contributed by atoms with Crippen molar-refractivity contribution in [3.8, 4) is 0 Å². The van der Waals surface area contributed by atoms with Gasteiger partial charge in [-0.3, -0.25) is 0 Å². The van der Waals surface area contributed by atoms with Crippen molar-refractivity contribution in [2.24, 2.45) is 0 Å². The van der Waals surface area contributed by atoms with E-state index in [0.29, 0.717) is 17.6 Å². The van der Waals surface area contributed by atoms with Gasteiger partial charge in [0.2, 0.25) is 0 Å². The predicted molar refractivity (Wildman–Crippen MR) is 65.4 cm³/mol. The molecule has 0 radical (unpaired) electrons. The third-order valence-corrected chi connectivity index (χ3v) is 2.91. The first-order valence-electron chi connectivity index (χ1n) is 4.63. The molecule has 1 aromatic carbocycles. The highest BCUT2D eigenvalue weighted by Gasteiger charge is 2.07. The van der Waals surface area contributed by atoms with Crippen LogP contribution < -0.4 is 5.32 Å². The van der Waals surface area contributed by atoms with Crippen molar-refractivity contribution in [3.63, 3.8) is 0 Å². The van der Waals surface area contributed by atoms with E-state index >= 15 is 0 Å². The molecule has 4 nitrogen and oxygen atoms in total. The van der Waals surface area contributed by atoms with Crippen molar-refractivity contribution in [2.45, 2.75) is 6.61 Å². The molecule has 0 atom stereocenters. The summed E-state index contributed by atoms with van der Waals surface area (Å²) in [6.07, 6.45) is 0. The molecule has 1 aromatic heterocycles. The van der Waals surface area contributed by atoms with Crippen LogP contribution in [0.1, 0.15) is 5.56 Å². The predicted octanol–water partition coefficient (Wildman–Crippen LogP) is 3.08. The third-order valence-electron chi connectivity index (χ3n) is 2.02. The maximum atomic E-state index is 5.86. The Kier molecular flexibility index (Phi) is 3.71. The van der Waals surface area contributed by atoms with Crippen molar-refractivity contribution in [1.82, 2.24) is 8.75 Å². The first-order chi connectivity index (χ1) is 7.81. The maximum Gasteiger partial charge on any atom is 0.187 e. The van der Waals surface area contributed by atoms with Crippen molar-refractivity contribution in [1.29, 1.82) is 0 Å². The lowest BCUT2D eigenvalue weighted by molar-refractivity contribution is 0.185. The number of ether oxygens (including phenoxy) is 1. The van der Waals surface area contributed by atoms with Crippen molar-refractivity contribution < 1.29 is 4.74 Å². The molecule has 0 aliphatic carbocycles. The number of anilines is 2. The minimum absolute atomic E-state index is 0.386. The molecule has 0 saturated carbocycles. The summed E-state index contributed by atoms with van der Waals surface area (Å²) in [4.78, 5) is 0. The lowest BCUT2D eigenvalue weighted by atomic mass is 10.2. The minimum atomic E-state index is 0.386. The van der Waals surface area contributed by atoms with E-state index in [-0.39, 0.29) is 0 Å². The summed E-state index contributed by atoms with van der Waals surface area (Å²) in [7, 11) is 1.66. The lowest BCUT2D eigenvalue weighted by Gasteiger charge is -2.09. The average molecular weight is 256 g/mol. The number of para-hydroxylation sites is 1. The van der Waals surface area contributed by atoms with Crippen LogP contribution in [0.5, 0.6) is 0 Å². The van der Waals surface area contributed by atoms with Gasteiger partial charge in [-0.25, -0.2) is 0 Å². The molecule has 0 amide bonds. The molecule has 84 valence electrons. The fourth-order valence-corrected chi connectivity index (χ4v) is 1.95. The van der Waals surface area contributed by atoms with Crippen LogP contribution in [-0.2, 0) is 11.3 Å². The number of hydrogen-bond donors (Lipinski definition) is 1. The van der Waals surface area contributed by atoms with E-state index in [4.69, 9.17) is 16.3 Å². The SMILES string of the molecule is COCc1ccccc1Nc1nsnc1Cl. The Morgan fingerprint density at radius 3 is 2.88 bits per heavy atom. The largest absolute Gasteiger partial charge is 0.380 e. The van der Waals surface area contributed by atoms with Gasteiger partial charge in [0.25, 0.3) is 0 Å². The van der Waals surface area contributed by atoms with Gasteiger partial charge >= 0.3 is 0 Å². The summed E-state index contributed by atoms with van der Waals surface area (Å²) in [5.74, 6) is 0.579. The van der Waals surface area contributed by atoms with Crippen LogP contribution in [0.4, 0.5) is 11.5 Å². The van der Waals surface area contributed by atoms with Gasteiger partial charge in [-0.2, -0.15) is 8.75 Å². The van der Waals surface area contributed by atoms with Crippen LogP contribution >= 0.6 is 23.3 Å². The van der Waals surface area contributed by atoms with Crippen LogP contribution in [0.15, 0.2) is 24.3 Å². The smallest absolute Gasteiger partial charge is 0.187 e. The van der Waals surface area contributed by atoms with E-state index in [1.807, 2.05) is 24.3 Å². The molecular formula is C10H10ClN3OS. The number of nitrogens with zero attached hydrogens (tertiary/aromatic N) is 2. The summed E-state index contributed by atoms with van der Waals surface area (Å²) < 4.78 is 13.1. The van der Waals surface area contributed by atoms with Gasteiger partial charge < -0.3 is 10.1 Å². The number of rotatable bonds is 4. The number of halogens is 1.